The van der Waals surface area contributed by atoms with E-state index < -0.39 is 0 Å². The predicted octanol–water partition coefficient (Wildman–Crippen LogP) is 2.43. The normalized spacial score (nSPS) is 10.9. The van der Waals surface area contributed by atoms with E-state index >= 15 is 0 Å². The van der Waals surface area contributed by atoms with Gasteiger partial charge in [-0.15, -0.1) is 0 Å². The largest absolute Gasteiger partial charge is 0.235 e. The molecule has 0 amide bonds. The first-order valence-electron chi connectivity index (χ1n) is 4.32. The van der Waals surface area contributed by atoms with Crippen LogP contribution in [0.2, 0.25) is 0 Å². The monoisotopic (exact) mass is 210 g/mol. The zero-order valence-electron chi connectivity index (χ0n) is 7.53. The summed E-state index contributed by atoms with van der Waals surface area (Å²) in [5, 5.41) is 1.36. The first-order chi connectivity index (χ1) is 6.33. The Labute approximate surface area is 87.4 Å². The molecule has 0 unspecified atom stereocenters. The molecule has 0 N–H and O–H groups in total. The van der Waals surface area contributed by atoms with Crippen molar-refractivity contribution in [3.8, 4) is 0 Å². The molecule has 0 radical (unpaired) electrons. The number of hydrogen-bond donors (Lipinski definition) is 1. The van der Waals surface area contributed by atoms with Gasteiger partial charge in [-0.3, -0.25) is 0 Å². The van der Waals surface area contributed by atoms with Crippen LogP contribution in [-0.2, 0) is 6.54 Å². The number of rotatable bonds is 2. The molecule has 13 heavy (non-hydrogen) atoms. The molecule has 0 atom stereocenters. The number of aryl methyl sites for hydroxylation is 2. The fourth-order valence-electron chi connectivity index (χ4n) is 1.53. The van der Waals surface area contributed by atoms with Crippen molar-refractivity contribution in [3.05, 3.63) is 29.3 Å². The maximum absolute atomic E-state index is 4.26. The van der Waals surface area contributed by atoms with Gasteiger partial charge in [-0.05, 0) is 6.07 Å². The van der Waals surface area contributed by atoms with E-state index in [9.17, 15) is 0 Å². The second-order valence-electron chi connectivity index (χ2n) is 2.96. The van der Waals surface area contributed by atoms with Crippen molar-refractivity contribution in [1.29, 1.82) is 0 Å². The van der Waals surface area contributed by atoms with E-state index in [0.29, 0.717) is 0 Å². The fraction of sp³-hybridized carbons (Fsp3) is 0.300. The third-order valence-electron chi connectivity index (χ3n) is 2.12. The highest BCUT2D eigenvalue weighted by Crippen LogP contribution is 2.18. The van der Waals surface area contributed by atoms with Crippen molar-refractivity contribution < 1.29 is 4.57 Å². The molecule has 1 aromatic carbocycles. The van der Waals surface area contributed by atoms with E-state index in [-0.39, 0.29) is 0 Å². The van der Waals surface area contributed by atoms with Crippen molar-refractivity contribution in [2.45, 2.75) is 13.5 Å². The van der Waals surface area contributed by atoms with E-state index in [4.69, 9.17) is 0 Å². The molecule has 0 aliphatic heterocycles. The van der Waals surface area contributed by atoms with Gasteiger partial charge >= 0.3 is 0 Å². The Morgan fingerprint density at radius 1 is 1.38 bits per heavy atom. The summed E-state index contributed by atoms with van der Waals surface area (Å²) in [6, 6.07) is 8.51. The molecule has 3 heteroatoms. The van der Waals surface area contributed by atoms with Crippen molar-refractivity contribution in [3.63, 3.8) is 0 Å². The molecule has 0 bridgehead atoms. The van der Waals surface area contributed by atoms with Crippen LogP contribution in [-0.4, -0.2) is 5.75 Å². The SMILES string of the molecule is Cc1sc2ccccc2[n+]1CCS. The Hall–Kier alpha value is -0.540. The van der Waals surface area contributed by atoms with Crippen LogP contribution in [0.1, 0.15) is 5.01 Å². The van der Waals surface area contributed by atoms with Gasteiger partial charge in [0.25, 0.3) is 0 Å². The number of para-hydroxylation sites is 1. The van der Waals surface area contributed by atoms with E-state index in [1.807, 2.05) is 11.3 Å². The Kier molecular flexibility index (Phi) is 2.56. The van der Waals surface area contributed by atoms with E-state index in [0.717, 1.165) is 12.3 Å². The zero-order valence-corrected chi connectivity index (χ0v) is 9.24. The summed E-state index contributed by atoms with van der Waals surface area (Å²) in [5.41, 5.74) is 1.33. The quantitative estimate of drug-likeness (QED) is 0.573. The van der Waals surface area contributed by atoms with Crippen LogP contribution < -0.4 is 4.57 Å². The second kappa shape index (κ2) is 3.68. The molecule has 0 aliphatic carbocycles. The summed E-state index contributed by atoms with van der Waals surface area (Å²) in [7, 11) is 0. The Balaban J connectivity index is 2.64. The van der Waals surface area contributed by atoms with Gasteiger partial charge in [-0.1, -0.05) is 23.5 Å². The number of thiol groups is 1. The van der Waals surface area contributed by atoms with Crippen molar-refractivity contribution in [2.75, 3.05) is 5.75 Å². The molecule has 68 valence electrons. The number of benzene rings is 1. The smallest absolute Gasteiger partial charge is 0.185 e. The molecule has 0 fully saturated rings. The summed E-state index contributed by atoms with van der Waals surface area (Å²) in [5.74, 6) is 0.895. The lowest BCUT2D eigenvalue weighted by Crippen LogP contribution is -2.35. The molecule has 2 aromatic rings. The van der Waals surface area contributed by atoms with Gasteiger partial charge in [0, 0.05) is 18.7 Å². The van der Waals surface area contributed by atoms with Crippen LogP contribution in [0.5, 0.6) is 0 Å². The predicted molar refractivity (Wildman–Crippen MR) is 60.6 cm³/mol. The number of thiazole rings is 1. The molecule has 1 nitrogen and oxygen atoms in total. The lowest BCUT2D eigenvalue weighted by molar-refractivity contribution is -0.668. The van der Waals surface area contributed by atoms with Gasteiger partial charge in [0.2, 0.25) is 10.5 Å². The van der Waals surface area contributed by atoms with Gasteiger partial charge < -0.3 is 0 Å². The Morgan fingerprint density at radius 3 is 2.92 bits per heavy atom. The Bertz CT molecular complexity index is 420. The van der Waals surface area contributed by atoms with Crippen LogP contribution in [0, 0.1) is 6.92 Å². The van der Waals surface area contributed by atoms with Crippen LogP contribution in [0.4, 0.5) is 0 Å². The standard InChI is InChI=1S/C10H11NS2/c1-8-11(6-7-12)9-4-2-3-5-10(9)13-8/h2-5H,6-7H2,1H3/p+1. The Morgan fingerprint density at radius 2 is 2.15 bits per heavy atom. The number of hydrogen-bond acceptors (Lipinski definition) is 2. The molecule has 0 spiro atoms. The van der Waals surface area contributed by atoms with E-state index in [1.165, 1.54) is 15.2 Å². The lowest BCUT2D eigenvalue weighted by atomic mass is 10.3. The average Bonchev–Trinajstić information content (AvgIpc) is 2.44. The van der Waals surface area contributed by atoms with Crippen LogP contribution in [0.15, 0.2) is 24.3 Å². The number of fused-ring (bicyclic) bond motifs is 1. The van der Waals surface area contributed by atoms with Gasteiger partial charge in [0.15, 0.2) is 6.54 Å². The lowest BCUT2D eigenvalue weighted by Gasteiger charge is -1.91. The van der Waals surface area contributed by atoms with Gasteiger partial charge in [-0.25, -0.2) is 0 Å². The maximum Gasteiger partial charge on any atom is 0.235 e. The minimum absolute atomic E-state index is 0.895. The van der Waals surface area contributed by atoms with Gasteiger partial charge in [0.1, 0.15) is 4.70 Å². The fourth-order valence-corrected chi connectivity index (χ4v) is 2.78. The third kappa shape index (κ3) is 1.58. The van der Waals surface area contributed by atoms with E-state index in [1.54, 1.807) is 0 Å². The number of nitrogens with zero attached hydrogens (tertiary/aromatic N) is 1. The summed E-state index contributed by atoms with van der Waals surface area (Å²) >= 11 is 6.11. The van der Waals surface area contributed by atoms with Crippen molar-refractivity contribution >= 4 is 34.2 Å². The second-order valence-corrected chi connectivity index (χ2v) is 4.65. The molecular formula is C10H12NS2+. The minimum Gasteiger partial charge on any atom is -0.185 e. The zero-order chi connectivity index (χ0) is 9.26. The van der Waals surface area contributed by atoms with Crippen LogP contribution >= 0.6 is 24.0 Å². The van der Waals surface area contributed by atoms with Gasteiger partial charge in [0.05, 0.1) is 0 Å². The highest BCUT2D eigenvalue weighted by molar-refractivity contribution is 7.80. The van der Waals surface area contributed by atoms with Crippen molar-refractivity contribution in [1.82, 2.24) is 0 Å². The first kappa shape index (κ1) is 9.03. The highest BCUT2D eigenvalue weighted by Gasteiger charge is 2.14. The average molecular weight is 210 g/mol. The van der Waals surface area contributed by atoms with Crippen LogP contribution in [0.25, 0.3) is 10.2 Å². The minimum atomic E-state index is 0.895. The molecule has 2 rings (SSSR count). The molecule has 0 aliphatic rings. The number of aromatic nitrogens is 1. The maximum atomic E-state index is 4.26. The topological polar surface area (TPSA) is 3.88 Å². The molecule has 1 aromatic heterocycles. The van der Waals surface area contributed by atoms with Crippen LogP contribution in [0.3, 0.4) is 0 Å². The molecule has 0 saturated heterocycles. The first-order valence-corrected chi connectivity index (χ1v) is 5.76. The summed E-state index contributed by atoms with van der Waals surface area (Å²) in [4.78, 5) is 0. The molecule has 0 saturated carbocycles. The summed E-state index contributed by atoms with van der Waals surface area (Å²) < 4.78 is 3.69. The third-order valence-corrected chi connectivity index (χ3v) is 3.40. The molecular weight excluding hydrogens is 198 g/mol. The summed E-state index contributed by atoms with van der Waals surface area (Å²) in [6.07, 6.45) is 0. The molecule has 1 heterocycles. The van der Waals surface area contributed by atoms with Crippen molar-refractivity contribution in [2.24, 2.45) is 0 Å². The van der Waals surface area contributed by atoms with E-state index in [2.05, 4.69) is 48.4 Å². The summed E-state index contributed by atoms with van der Waals surface area (Å²) in [6.45, 7) is 3.16. The van der Waals surface area contributed by atoms with Gasteiger partial charge in [-0.2, -0.15) is 17.2 Å². The highest BCUT2D eigenvalue weighted by atomic mass is 32.1.